The molecule has 1 fully saturated rings. The van der Waals surface area contributed by atoms with Gasteiger partial charge < -0.3 is 14.1 Å². The molecule has 0 saturated carbocycles. The number of hydrogen-bond donors (Lipinski definition) is 0. The minimum absolute atomic E-state index is 0.0712. The molecule has 2 atom stereocenters. The highest BCUT2D eigenvalue weighted by Crippen LogP contribution is 2.35. The van der Waals surface area contributed by atoms with Crippen LogP contribution in [0.5, 0.6) is 5.75 Å². The molecule has 0 radical (unpaired) electrons. The van der Waals surface area contributed by atoms with Gasteiger partial charge in [-0.1, -0.05) is 49.4 Å². The SMILES string of the molecule is COc1ccccc1N(C(=O)c1ccco1)[C@@H]1CCN(CCc2ccccc2)C[C@@H]1C. The first-order chi connectivity index (χ1) is 15.2. The number of para-hydroxylation sites is 2. The third-order valence-electron chi connectivity index (χ3n) is 6.13. The Labute approximate surface area is 184 Å². The van der Waals surface area contributed by atoms with Crippen molar-refractivity contribution in [2.75, 3.05) is 31.6 Å². The van der Waals surface area contributed by atoms with Crippen LogP contribution in [0.4, 0.5) is 5.69 Å². The van der Waals surface area contributed by atoms with Crippen molar-refractivity contribution in [1.82, 2.24) is 4.90 Å². The normalized spacial score (nSPS) is 19.2. The lowest BCUT2D eigenvalue weighted by Gasteiger charge is -2.42. The van der Waals surface area contributed by atoms with Crippen molar-refractivity contribution in [3.05, 3.63) is 84.3 Å². The van der Waals surface area contributed by atoms with Crippen molar-refractivity contribution in [1.29, 1.82) is 0 Å². The lowest BCUT2D eigenvalue weighted by atomic mass is 9.91. The average molecular weight is 419 g/mol. The maximum atomic E-state index is 13.5. The summed E-state index contributed by atoms with van der Waals surface area (Å²) in [5.74, 6) is 1.24. The van der Waals surface area contributed by atoms with Gasteiger partial charge >= 0.3 is 0 Å². The molecule has 0 spiro atoms. The smallest absolute Gasteiger partial charge is 0.294 e. The van der Waals surface area contributed by atoms with E-state index in [1.807, 2.05) is 29.2 Å². The Bertz CT molecular complexity index is 971. The molecule has 0 aliphatic carbocycles. The van der Waals surface area contributed by atoms with Crippen LogP contribution in [0.15, 0.2) is 77.4 Å². The molecule has 2 aromatic carbocycles. The Morgan fingerprint density at radius 3 is 2.58 bits per heavy atom. The van der Waals surface area contributed by atoms with Gasteiger partial charge in [0.15, 0.2) is 5.76 Å². The molecule has 31 heavy (non-hydrogen) atoms. The number of ether oxygens (including phenoxy) is 1. The Kier molecular flexibility index (Phi) is 6.73. The first-order valence-electron chi connectivity index (χ1n) is 10.9. The van der Waals surface area contributed by atoms with Crippen LogP contribution < -0.4 is 9.64 Å². The lowest BCUT2D eigenvalue weighted by Crippen LogP contribution is -2.52. The van der Waals surface area contributed by atoms with E-state index in [1.54, 1.807) is 25.5 Å². The summed E-state index contributed by atoms with van der Waals surface area (Å²) in [4.78, 5) is 17.9. The number of piperidine rings is 1. The van der Waals surface area contributed by atoms with Gasteiger partial charge in [0.1, 0.15) is 5.75 Å². The van der Waals surface area contributed by atoms with E-state index >= 15 is 0 Å². The predicted octanol–water partition coefficient (Wildman–Crippen LogP) is 4.89. The van der Waals surface area contributed by atoms with E-state index in [4.69, 9.17) is 9.15 Å². The van der Waals surface area contributed by atoms with Crippen molar-refractivity contribution in [2.45, 2.75) is 25.8 Å². The zero-order chi connectivity index (χ0) is 21.6. The summed E-state index contributed by atoms with van der Waals surface area (Å²) in [6.07, 6.45) is 3.49. The van der Waals surface area contributed by atoms with Crippen LogP contribution in [-0.2, 0) is 6.42 Å². The molecule has 2 heterocycles. The van der Waals surface area contributed by atoms with Crippen LogP contribution in [0.3, 0.4) is 0 Å². The maximum absolute atomic E-state index is 13.5. The van der Waals surface area contributed by atoms with Gasteiger partial charge in [-0.2, -0.15) is 0 Å². The van der Waals surface area contributed by atoms with Crippen LogP contribution in [-0.4, -0.2) is 43.6 Å². The molecule has 0 N–H and O–H groups in total. The third kappa shape index (κ3) is 4.83. The highest BCUT2D eigenvalue weighted by molar-refractivity contribution is 6.05. The van der Waals surface area contributed by atoms with Crippen LogP contribution >= 0.6 is 0 Å². The molecule has 4 rings (SSSR count). The third-order valence-corrected chi connectivity index (χ3v) is 6.13. The summed E-state index contributed by atoms with van der Waals surface area (Å²) in [7, 11) is 1.64. The number of carbonyl (C=O) groups excluding carboxylic acids is 1. The van der Waals surface area contributed by atoms with E-state index in [9.17, 15) is 4.79 Å². The summed E-state index contributed by atoms with van der Waals surface area (Å²) in [5, 5.41) is 0. The van der Waals surface area contributed by atoms with Gasteiger partial charge in [-0.05, 0) is 48.6 Å². The number of benzene rings is 2. The second kappa shape index (κ2) is 9.84. The second-order valence-electron chi connectivity index (χ2n) is 8.19. The number of likely N-dealkylation sites (tertiary alicyclic amines) is 1. The zero-order valence-corrected chi connectivity index (χ0v) is 18.2. The fraction of sp³-hybridized carbons (Fsp3) is 0.346. The van der Waals surface area contributed by atoms with E-state index in [0.717, 1.165) is 38.2 Å². The first-order valence-corrected chi connectivity index (χ1v) is 10.9. The first kappa shape index (κ1) is 21.2. The van der Waals surface area contributed by atoms with E-state index < -0.39 is 0 Å². The minimum Gasteiger partial charge on any atom is -0.495 e. The molecule has 1 amide bonds. The van der Waals surface area contributed by atoms with Gasteiger partial charge in [0.05, 0.1) is 19.1 Å². The summed E-state index contributed by atoms with van der Waals surface area (Å²) in [5.41, 5.74) is 2.15. The van der Waals surface area contributed by atoms with Crippen LogP contribution in [0.2, 0.25) is 0 Å². The molecular formula is C26H30N2O3. The van der Waals surface area contributed by atoms with E-state index in [0.29, 0.717) is 17.4 Å². The van der Waals surface area contributed by atoms with Crippen molar-refractivity contribution in [3.8, 4) is 5.75 Å². The zero-order valence-electron chi connectivity index (χ0n) is 18.2. The van der Waals surface area contributed by atoms with Gasteiger partial charge in [-0.15, -0.1) is 0 Å². The van der Waals surface area contributed by atoms with Gasteiger partial charge in [0.25, 0.3) is 5.91 Å². The second-order valence-corrected chi connectivity index (χ2v) is 8.19. The molecule has 1 aromatic heterocycles. The summed E-state index contributed by atoms with van der Waals surface area (Å²) >= 11 is 0. The average Bonchev–Trinajstić information content (AvgIpc) is 3.35. The van der Waals surface area contributed by atoms with Crippen molar-refractivity contribution in [2.24, 2.45) is 5.92 Å². The number of carbonyl (C=O) groups is 1. The Balaban J connectivity index is 1.53. The molecule has 5 nitrogen and oxygen atoms in total. The molecule has 1 aliphatic heterocycles. The number of amides is 1. The molecule has 162 valence electrons. The maximum Gasteiger partial charge on any atom is 0.294 e. The van der Waals surface area contributed by atoms with Crippen LogP contribution in [0, 0.1) is 5.92 Å². The number of methoxy groups -OCH3 is 1. The van der Waals surface area contributed by atoms with Crippen LogP contribution in [0.1, 0.15) is 29.5 Å². The highest BCUT2D eigenvalue weighted by atomic mass is 16.5. The highest BCUT2D eigenvalue weighted by Gasteiger charge is 2.36. The summed E-state index contributed by atoms with van der Waals surface area (Å²) < 4.78 is 11.1. The molecule has 1 saturated heterocycles. The molecular weight excluding hydrogens is 388 g/mol. The van der Waals surface area contributed by atoms with E-state index in [-0.39, 0.29) is 11.9 Å². The Morgan fingerprint density at radius 2 is 1.87 bits per heavy atom. The van der Waals surface area contributed by atoms with E-state index in [2.05, 4.69) is 42.2 Å². The van der Waals surface area contributed by atoms with E-state index in [1.165, 1.54) is 5.56 Å². The molecule has 0 bridgehead atoms. The number of anilines is 1. The Morgan fingerprint density at radius 1 is 1.10 bits per heavy atom. The van der Waals surface area contributed by atoms with Gasteiger partial charge in [-0.25, -0.2) is 0 Å². The quantitative estimate of drug-likeness (QED) is 0.548. The minimum atomic E-state index is -0.121. The Hall–Kier alpha value is -3.05. The molecule has 5 heteroatoms. The molecule has 0 unspecified atom stereocenters. The topological polar surface area (TPSA) is 45.9 Å². The predicted molar refractivity (Wildman–Crippen MR) is 123 cm³/mol. The van der Waals surface area contributed by atoms with Gasteiger partial charge in [-0.3, -0.25) is 9.69 Å². The fourth-order valence-corrected chi connectivity index (χ4v) is 4.52. The lowest BCUT2D eigenvalue weighted by molar-refractivity contribution is 0.0905. The van der Waals surface area contributed by atoms with Crippen molar-refractivity contribution < 1.29 is 13.9 Å². The molecule has 1 aliphatic rings. The monoisotopic (exact) mass is 418 g/mol. The van der Waals surface area contributed by atoms with Crippen molar-refractivity contribution in [3.63, 3.8) is 0 Å². The van der Waals surface area contributed by atoms with Crippen molar-refractivity contribution >= 4 is 11.6 Å². The largest absolute Gasteiger partial charge is 0.495 e. The number of nitrogens with zero attached hydrogens (tertiary/aromatic N) is 2. The number of hydrogen-bond acceptors (Lipinski definition) is 4. The standard InChI is InChI=1S/C26H30N2O3/c1-20-19-27(16-14-21-9-4-3-5-10-21)17-15-22(20)28(26(29)25-13-8-18-31-25)23-11-6-7-12-24(23)30-2/h3-13,18,20,22H,14-17,19H2,1-2H3/t20-,22+/m0/s1. The summed E-state index contributed by atoms with van der Waals surface area (Å²) in [6.45, 7) is 5.17. The fourth-order valence-electron chi connectivity index (χ4n) is 4.52. The van der Waals surface area contributed by atoms with Gasteiger partial charge in [0.2, 0.25) is 0 Å². The summed E-state index contributed by atoms with van der Waals surface area (Å²) in [6, 6.07) is 21.9. The molecule has 3 aromatic rings. The van der Waals surface area contributed by atoms with Gasteiger partial charge in [0, 0.05) is 25.7 Å². The van der Waals surface area contributed by atoms with Crippen LogP contribution in [0.25, 0.3) is 0 Å². The number of furan rings is 1. The number of rotatable bonds is 7.